The minimum atomic E-state index is -0.526. The lowest BCUT2D eigenvalue weighted by atomic mass is 10.1. The lowest BCUT2D eigenvalue weighted by Crippen LogP contribution is -2.14. The van der Waals surface area contributed by atoms with Gasteiger partial charge in [0.2, 0.25) is 5.89 Å². The summed E-state index contributed by atoms with van der Waals surface area (Å²) in [5.74, 6) is -0.140. The molecular formula is C27H16ClN3O2. The van der Waals surface area contributed by atoms with Crippen molar-refractivity contribution in [2.75, 3.05) is 5.32 Å². The third-order valence-corrected chi connectivity index (χ3v) is 5.49. The number of halogens is 1. The highest BCUT2D eigenvalue weighted by molar-refractivity contribution is 6.30. The van der Waals surface area contributed by atoms with Crippen molar-refractivity contribution in [3.05, 3.63) is 101 Å². The van der Waals surface area contributed by atoms with Gasteiger partial charge in [0.25, 0.3) is 5.91 Å². The number of para-hydroxylation sites is 1. The van der Waals surface area contributed by atoms with Gasteiger partial charge in [0, 0.05) is 10.4 Å². The van der Waals surface area contributed by atoms with Crippen LogP contribution in [0.1, 0.15) is 5.56 Å². The molecule has 0 aliphatic carbocycles. The summed E-state index contributed by atoms with van der Waals surface area (Å²) in [6.07, 6.45) is 1.51. The van der Waals surface area contributed by atoms with Crippen LogP contribution in [0.25, 0.3) is 39.4 Å². The molecule has 4 aromatic carbocycles. The van der Waals surface area contributed by atoms with Gasteiger partial charge in [-0.1, -0.05) is 66.2 Å². The molecule has 0 aliphatic rings. The van der Waals surface area contributed by atoms with Crippen LogP contribution in [0.4, 0.5) is 5.69 Å². The Bertz CT molecular complexity index is 1580. The van der Waals surface area contributed by atoms with Crippen molar-refractivity contribution in [1.82, 2.24) is 4.98 Å². The van der Waals surface area contributed by atoms with Crippen LogP contribution in [-0.2, 0) is 4.79 Å². The summed E-state index contributed by atoms with van der Waals surface area (Å²) in [4.78, 5) is 17.6. The highest BCUT2D eigenvalue weighted by Crippen LogP contribution is 2.33. The van der Waals surface area contributed by atoms with Gasteiger partial charge in [0.1, 0.15) is 17.2 Å². The van der Waals surface area contributed by atoms with Crippen molar-refractivity contribution < 1.29 is 9.21 Å². The predicted octanol–water partition coefficient (Wildman–Crippen LogP) is 6.85. The maximum Gasteiger partial charge on any atom is 0.266 e. The maximum atomic E-state index is 12.9. The summed E-state index contributed by atoms with van der Waals surface area (Å²) in [5, 5.41) is 15.0. The van der Waals surface area contributed by atoms with Gasteiger partial charge in [0.05, 0.1) is 11.3 Å². The molecule has 0 saturated carbocycles. The lowest BCUT2D eigenvalue weighted by Gasteiger charge is -2.08. The number of nitrogens with zero attached hydrogens (tertiary/aromatic N) is 2. The predicted molar refractivity (Wildman–Crippen MR) is 131 cm³/mol. The summed E-state index contributed by atoms with van der Waals surface area (Å²) in [5.41, 5.74) is 3.20. The Kier molecular flexibility index (Phi) is 5.35. The van der Waals surface area contributed by atoms with Gasteiger partial charge in [0.15, 0.2) is 5.58 Å². The molecule has 0 saturated heterocycles. The first kappa shape index (κ1) is 20.5. The molecule has 1 amide bonds. The zero-order chi connectivity index (χ0) is 22.8. The van der Waals surface area contributed by atoms with E-state index in [9.17, 15) is 10.1 Å². The van der Waals surface area contributed by atoms with Gasteiger partial charge in [-0.15, -0.1) is 0 Å². The van der Waals surface area contributed by atoms with E-state index in [0.717, 1.165) is 16.3 Å². The molecule has 158 valence electrons. The average Bonchev–Trinajstić information content (AvgIpc) is 3.29. The highest BCUT2D eigenvalue weighted by atomic mass is 35.5. The summed E-state index contributed by atoms with van der Waals surface area (Å²) in [6.45, 7) is 0. The quantitative estimate of drug-likeness (QED) is 0.240. The van der Waals surface area contributed by atoms with Crippen LogP contribution in [-0.4, -0.2) is 10.9 Å². The van der Waals surface area contributed by atoms with Crippen LogP contribution in [0.5, 0.6) is 0 Å². The molecule has 0 radical (unpaired) electrons. The molecule has 1 heterocycles. The summed E-state index contributed by atoms with van der Waals surface area (Å²) in [7, 11) is 0. The second kappa shape index (κ2) is 8.62. The number of aromatic nitrogens is 1. The van der Waals surface area contributed by atoms with Gasteiger partial charge in [-0.3, -0.25) is 4.79 Å². The standard InChI is InChI=1S/C27H16ClN3O2/c28-20-12-9-17(10-13-20)15-19(16-29)26(32)30-23-8-4-3-7-22(23)27-31-25-21-6-2-1-5-18(21)11-14-24(25)33-27/h1-15H,(H,30,32). The third kappa shape index (κ3) is 4.08. The molecule has 0 atom stereocenters. The number of anilines is 1. The maximum absolute atomic E-state index is 12.9. The number of amides is 1. The normalized spacial score (nSPS) is 11.5. The van der Waals surface area contributed by atoms with Crippen molar-refractivity contribution in [3.63, 3.8) is 0 Å². The number of nitrogens with one attached hydrogen (secondary N) is 1. The summed E-state index contributed by atoms with van der Waals surface area (Å²) >= 11 is 5.91. The molecule has 0 fully saturated rings. The molecular weight excluding hydrogens is 434 g/mol. The van der Waals surface area contributed by atoms with Crippen molar-refractivity contribution in [3.8, 4) is 17.5 Å². The Balaban J connectivity index is 1.50. The molecule has 0 unspecified atom stereocenters. The Morgan fingerprint density at radius 1 is 0.970 bits per heavy atom. The fourth-order valence-electron chi connectivity index (χ4n) is 3.62. The third-order valence-electron chi connectivity index (χ3n) is 5.24. The number of rotatable bonds is 4. The minimum absolute atomic E-state index is 0.0318. The lowest BCUT2D eigenvalue weighted by molar-refractivity contribution is -0.112. The highest BCUT2D eigenvalue weighted by Gasteiger charge is 2.17. The Morgan fingerprint density at radius 2 is 1.73 bits per heavy atom. The van der Waals surface area contributed by atoms with E-state index < -0.39 is 5.91 Å². The number of carbonyl (C=O) groups is 1. The molecule has 33 heavy (non-hydrogen) atoms. The second-order valence-corrected chi connectivity index (χ2v) is 7.81. The Morgan fingerprint density at radius 3 is 2.55 bits per heavy atom. The molecule has 5 aromatic rings. The van der Waals surface area contributed by atoms with E-state index in [0.29, 0.717) is 33.3 Å². The zero-order valence-electron chi connectivity index (χ0n) is 17.2. The van der Waals surface area contributed by atoms with E-state index in [2.05, 4.69) is 5.32 Å². The van der Waals surface area contributed by atoms with Gasteiger partial charge in [-0.25, -0.2) is 4.98 Å². The number of hydrogen-bond acceptors (Lipinski definition) is 4. The van der Waals surface area contributed by atoms with E-state index in [1.807, 2.05) is 54.6 Å². The number of nitriles is 1. The number of fused-ring (bicyclic) bond motifs is 3. The van der Waals surface area contributed by atoms with E-state index >= 15 is 0 Å². The fraction of sp³-hybridized carbons (Fsp3) is 0. The molecule has 6 heteroatoms. The molecule has 5 rings (SSSR count). The van der Waals surface area contributed by atoms with E-state index in [-0.39, 0.29) is 5.57 Å². The first-order valence-corrected chi connectivity index (χ1v) is 10.6. The number of hydrogen-bond donors (Lipinski definition) is 1. The monoisotopic (exact) mass is 449 g/mol. The molecule has 0 spiro atoms. The second-order valence-electron chi connectivity index (χ2n) is 7.37. The SMILES string of the molecule is N#CC(=Cc1ccc(Cl)cc1)C(=O)Nc1ccccc1-c1nc2c(ccc3ccccc32)o1. The van der Waals surface area contributed by atoms with Crippen LogP contribution in [0, 0.1) is 11.3 Å². The largest absolute Gasteiger partial charge is 0.436 e. The zero-order valence-corrected chi connectivity index (χ0v) is 18.0. The summed E-state index contributed by atoms with van der Waals surface area (Å²) in [6, 6.07) is 27.9. The molecule has 1 aromatic heterocycles. The molecule has 1 N–H and O–H groups in total. The van der Waals surface area contributed by atoms with Gasteiger partial charge in [-0.2, -0.15) is 5.26 Å². The molecule has 5 nitrogen and oxygen atoms in total. The van der Waals surface area contributed by atoms with Gasteiger partial charge >= 0.3 is 0 Å². The Labute approximate surface area is 194 Å². The van der Waals surface area contributed by atoms with Crippen molar-refractivity contribution in [2.45, 2.75) is 0 Å². The number of oxazole rings is 1. The van der Waals surface area contributed by atoms with E-state index in [1.165, 1.54) is 6.08 Å². The van der Waals surface area contributed by atoms with Gasteiger partial charge in [-0.05, 0) is 47.4 Å². The first-order valence-electron chi connectivity index (χ1n) is 10.2. The summed E-state index contributed by atoms with van der Waals surface area (Å²) < 4.78 is 6.02. The van der Waals surface area contributed by atoms with Crippen LogP contribution in [0.3, 0.4) is 0 Å². The van der Waals surface area contributed by atoms with Crippen molar-refractivity contribution >= 4 is 51.1 Å². The fourth-order valence-corrected chi connectivity index (χ4v) is 3.75. The van der Waals surface area contributed by atoms with Crippen LogP contribution in [0.2, 0.25) is 5.02 Å². The number of carbonyl (C=O) groups excluding carboxylic acids is 1. The number of benzene rings is 4. The van der Waals surface area contributed by atoms with E-state index in [4.69, 9.17) is 21.0 Å². The average molecular weight is 450 g/mol. The van der Waals surface area contributed by atoms with Crippen LogP contribution < -0.4 is 5.32 Å². The molecule has 0 aliphatic heterocycles. The first-order chi connectivity index (χ1) is 16.1. The van der Waals surface area contributed by atoms with Crippen molar-refractivity contribution in [1.29, 1.82) is 5.26 Å². The smallest absolute Gasteiger partial charge is 0.266 e. The van der Waals surface area contributed by atoms with E-state index in [1.54, 1.807) is 36.4 Å². The minimum Gasteiger partial charge on any atom is -0.436 e. The Hall–Kier alpha value is -4.40. The van der Waals surface area contributed by atoms with Crippen LogP contribution >= 0.6 is 11.6 Å². The van der Waals surface area contributed by atoms with Gasteiger partial charge < -0.3 is 9.73 Å². The van der Waals surface area contributed by atoms with Crippen LogP contribution in [0.15, 0.2) is 94.9 Å². The topological polar surface area (TPSA) is 78.9 Å². The molecule has 0 bridgehead atoms. The van der Waals surface area contributed by atoms with Crippen molar-refractivity contribution in [2.24, 2.45) is 0 Å².